The number of carbonyl (C=O) groups is 1. The zero-order chi connectivity index (χ0) is 15.5. The summed E-state index contributed by atoms with van der Waals surface area (Å²) in [4.78, 5) is 12.1. The molecule has 0 aromatic heterocycles. The van der Waals surface area contributed by atoms with Crippen molar-refractivity contribution in [2.45, 2.75) is 63.2 Å². The minimum absolute atomic E-state index is 0.159. The van der Waals surface area contributed by atoms with Crippen LogP contribution in [0.3, 0.4) is 0 Å². The molecule has 2 nitrogen and oxygen atoms in total. The van der Waals surface area contributed by atoms with E-state index in [1.54, 1.807) is 0 Å². The first-order chi connectivity index (χ1) is 10.1. The predicted octanol–water partition coefficient (Wildman–Crippen LogP) is 4.98. The van der Waals surface area contributed by atoms with Crippen molar-refractivity contribution in [3.05, 3.63) is 29.6 Å². The molecule has 1 aromatic carbocycles. The maximum atomic E-state index is 13.1. The van der Waals surface area contributed by atoms with E-state index in [9.17, 15) is 9.18 Å². The van der Waals surface area contributed by atoms with Crippen LogP contribution in [0, 0.1) is 5.82 Å². The van der Waals surface area contributed by atoms with Crippen molar-refractivity contribution in [1.82, 2.24) is 5.32 Å². The quantitative estimate of drug-likeness (QED) is 0.463. The fourth-order valence-corrected chi connectivity index (χ4v) is 2.43. The number of thiol groups is 1. The molecule has 0 heterocycles. The Labute approximate surface area is 132 Å². The van der Waals surface area contributed by atoms with Crippen LogP contribution in [0.1, 0.15) is 68.6 Å². The maximum absolute atomic E-state index is 13.1. The monoisotopic (exact) mass is 311 g/mol. The van der Waals surface area contributed by atoms with Crippen molar-refractivity contribution in [3.63, 3.8) is 0 Å². The summed E-state index contributed by atoms with van der Waals surface area (Å²) in [7, 11) is 0. The first-order valence-corrected chi connectivity index (χ1v) is 8.36. The number of carbonyl (C=O) groups excluding carboxylic acids is 1. The Hall–Kier alpha value is -1.03. The molecule has 1 aromatic rings. The van der Waals surface area contributed by atoms with Crippen LogP contribution in [0.15, 0.2) is 23.1 Å². The molecule has 1 N–H and O–H groups in total. The van der Waals surface area contributed by atoms with Crippen molar-refractivity contribution < 1.29 is 9.18 Å². The molecule has 0 saturated carbocycles. The molecule has 0 spiro atoms. The lowest BCUT2D eigenvalue weighted by atomic mass is 10.1. The second kappa shape index (κ2) is 10.7. The van der Waals surface area contributed by atoms with Gasteiger partial charge in [0.1, 0.15) is 5.82 Å². The molecule has 0 fully saturated rings. The molecule has 0 radical (unpaired) electrons. The Morgan fingerprint density at radius 3 is 2.33 bits per heavy atom. The molecule has 0 bridgehead atoms. The topological polar surface area (TPSA) is 29.1 Å². The summed E-state index contributed by atoms with van der Waals surface area (Å²) in [6, 6.07) is 4.22. The number of hydrogen-bond donors (Lipinski definition) is 2. The Bertz CT molecular complexity index is 437. The summed E-state index contributed by atoms with van der Waals surface area (Å²) >= 11 is 3.98. The maximum Gasteiger partial charge on any atom is 0.251 e. The highest BCUT2D eigenvalue weighted by molar-refractivity contribution is 7.80. The standard InChI is InChI=1S/C17H26FNOS/c1-2-3-4-5-6-7-8-9-12-19-17(20)14-10-11-15(18)16(21)13-14/h10-11,13,21H,2-9,12H2,1H3,(H,19,20). The summed E-state index contributed by atoms with van der Waals surface area (Å²) in [5.74, 6) is -0.564. The summed E-state index contributed by atoms with van der Waals surface area (Å²) in [5, 5.41) is 2.86. The molecular formula is C17H26FNOS. The number of halogens is 1. The van der Waals surface area contributed by atoms with Crippen LogP contribution in [0.2, 0.25) is 0 Å². The SMILES string of the molecule is CCCCCCCCCCNC(=O)c1ccc(F)c(S)c1. The molecule has 0 saturated heterocycles. The van der Waals surface area contributed by atoms with E-state index < -0.39 is 5.82 Å². The molecule has 0 aliphatic rings. The van der Waals surface area contributed by atoms with Crippen LogP contribution in [-0.2, 0) is 0 Å². The molecule has 21 heavy (non-hydrogen) atoms. The van der Waals surface area contributed by atoms with Crippen molar-refractivity contribution in [2.75, 3.05) is 6.54 Å². The zero-order valence-electron chi connectivity index (χ0n) is 12.8. The molecule has 0 aliphatic heterocycles. The molecule has 0 aliphatic carbocycles. The van der Waals surface area contributed by atoms with Gasteiger partial charge in [0.25, 0.3) is 5.91 Å². The van der Waals surface area contributed by atoms with Crippen LogP contribution in [0.4, 0.5) is 4.39 Å². The van der Waals surface area contributed by atoms with Crippen LogP contribution in [0.25, 0.3) is 0 Å². The van der Waals surface area contributed by atoms with Gasteiger partial charge in [-0.3, -0.25) is 4.79 Å². The highest BCUT2D eigenvalue weighted by Gasteiger charge is 2.07. The highest BCUT2D eigenvalue weighted by Crippen LogP contribution is 2.14. The second-order valence-corrected chi connectivity index (χ2v) is 5.88. The summed E-state index contributed by atoms with van der Waals surface area (Å²) in [6.07, 6.45) is 9.93. The molecule has 4 heteroatoms. The van der Waals surface area contributed by atoms with Gasteiger partial charge in [-0.1, -0.05) is 51.9 Å². The van der Waals surface area contributed by atoms with Crippen molar-refractivity contribution >= 4 is 18.5 Å². The van der Waals surface area contributed by atoms with Crippen LogP contribution >= 0.6 is 12.6 Å². The minimum Gasteiger partial charge on any atom is -0.352 e. The Balaban J connectivity index is 2.09. The second-order valence-electron chi connectivity index (χ2n) is 5.40. The average molecular weight is 311 g/mol. The first-order valence-electron chi connectivity index (χ1n) is 7.92. The third-order valence-corrected chi connectivity index (χ3v) is 3.87. The number of nitrogens with one attached hydrogen (secondary N) is 1. The van der Waals surface area contributed by atoms with Gasteiger partial charge in [-0.25, -0.2) is 4.39 Å². The fourth-order valence-electron chi connectivity index (χ4n) is 2.22. The average Bonchev–Trinajstić information content (AvgIpc) is 2.48. The van der Waals surface area contributed by atoms with Crippen LogP contribution < -0.4 is 5.32 Å². The van der Waals surface area contributed by atoms with E-state index in [-0.39, 0.29) is 10.8 Å². The molecular weight excluding hydrogens is 285 g/mol. The van der Waals surface area contributed by atoms with Crippen molar-refractivity contribution in [3.8, 4) is 0 Å². The van der Waals surface area contributed by atoms with Gasteiger partial charge in [0.15, 0.2) is 0 Å². The van der Waals surface area contributed by atoms with E-state index >= 15 is 0 Å². The van der Waals surface area contributed by atoms with Gasteiger partial charge >= 0.3 is 0 Å². The van der Waals surface area contributed by atoms with E-state index in [0.717, 1.165) is 12.8 Å². The number of unbranched alkanes of at least 4 members (excludes halogenated alkanes) is 7. The lowest BCUT2D eigenvalue weighted by molar-refractivity contribution is 0.0952. The number of benzene rings is 1. The largest absolute Gasteiger partial charge is 0.352 e. The summed E-state index contributed by atoms with van der Waals surface area (Å²) in [6.45, 7) is 2.90. The van der Waals surface area contributed by atoms with E-state index in [2.05, 4.69) is 24.9 Å². The number of hydrogen-bond acceptors (Lipinski definition) is 2. The van der Waals surface area contributed by atoms with Gasteiger partial charge < -0.3 is 5.32 Å². The van der Waals surface area contributed by atoms with Crippen molar-refractivity contribution in [2.24, 2.45) is 0 Å². The fraction of sp³-hybridized carbons (Fsp3) is 0.588. The number of rotatable bonds is 10. The lowest BCUT2D eigenvalue weighted by Crippen LogP contribution is -2.24. The van der Waals surface area contributed by atoms with Gasteiger partial charge in [-0.2, -0.15) is 0 Å². The van der Waals surface area contributed by atoms with Gasteiger partial charge in [0, 0.05) is 17.0 Å². The van der Waals surface area contributed by atoms with E-state index in [4.69, 9.17) is 0 Å². The number of amides is 1. The molecule has 0 unspecified atom stereocenters. The van der Waals surface area contributed by atoms with Gasteiger partial charge in [-0.15, -0.1) is 12.6 Å². The first kappa shape index (κ1) is 18.0. The van der Waals surface area contributed by atoms with Gasteiger partial charge in [0.2, 0.25) is 0 Å². The van der Waals surface area contributed by atoms with Crippen molar-refractivity contribution in [1.29, 1.82) is 0 Å². The summed E-state index contributed by atoms with van der Waals surface area (Å²) in [5.41, 5.74) is 0.459. The third-order valence-electron chi connectivity index (χ3n) is 3.52. The summed E-state index contributed by atoms with van der Waals surface area (Å²) < 4.78 is 13.1. The Kier molecular flexibility index (Phi) is 9.15. The molecule has 1 amide bonds. The lowest BCUT2D eigenvalue weighted by Gasteiger charge is -2.06. The van der Waals surface area contributed by atoms with Gasteiger partial charge in [-0.05, 0) is 24.6 Å². The van der Waals surface area contributed by atoms with Crippen LogP contribution in [0.5, 0.6) is 0 Å². The normalized spacial score (nSPS) is 10.6. The zero-order valence-corrected chi connectivity index (χ0v) is 13.7. The van der Waals surface area contributed by atoms with E-state index in [1.165, 1.54) is 56.7 Å². The minimum atomic E-state index is -0.405. The Morgan fingerprint density at radius 1 is 1.10 bits per heavy atom. The van der Waals surface area contributed by atoms with E-state index in [1.807, 2.05) is 0 Å². The van der Waals surface area contributed by atoms with E-state index in [0.29, 0.717) is 12.1 Å². The smallest absolute Gasteiger partial charge is 0.251 e. The molecule has 118 valence electrons. The molecule has 0 atom stereocenters. The molecule has 1 rings (SSSR count). The Morgan fingerprint density at radius 2 is 1.71 bits per heavy atom. The highest BCUT2D eigenvalue weighted by atomic mass is 32.1. The van der Waals surface area contributed by atoms with Gasteiger partial charge in [0.05, 0.1) is 0 Å². The predicted molar refractivity (Wildman–Crippen MR) is 88.6 cm³/mol. The third kappa shape index (κ3) is 7.51. The van der Waals surface area contributed by atoms with Crippen LogP contribution in [-0.4, -0.2) is 12.5 Å².